The number of hydrogen-bond donors (Lipinski definition) is 2. The van der Waals surface area contributed by atoms with E-state index in [4.69, 9.17) is 5.26 Å². The smallest absolute Gasteiger partial charge is 0.337 e. The van der Waals surface area contributed by atoms with Crippen LogP contribution in [-0.4, -0.2) is 21.6 Å². The molecular formula is C28H25N3O3. The minimum Gasteiger partial charge on any atom is -0.478 e. The molecule has 0 aliphatic carbocycles. The lowest BCUT2D eigenvalue weighted by Crippen LogP contribution is -2.17. The SMILES string of the molecule is Cn1c(C(=O)Nc2ccc(C#N)cc2C(=O)O)cc2cccc(-c3ccc(C(C)(C)C)cc3)c21. The third kappa shape index (κ3) is 4.16. The number of carboxylic acids is 1. The van der Waals surface area contributed by atoms with E-state index in [1.165, 1.54) is 23.8 Å². The van der Waals surface area contributed by atoms with Gasteiger partial charge in [0.15, 0.2) is 0 Å². The lowest BCUT2D eigenvalue weighted by molar-refractivity contribution is 0.0698. The van der Waals surface area contributed by atoms with Gasteiger partial charge in [-0.05, 0) is 40.8 Å². The number of carbonyl (C=O) groups excluding carboxylic acids is 1. The van der Waals surface area contributed by atoms with Gasteiger partial charge in [0.1, 0.15) is 5.69 Å². The molecule has 0 atom stereocenters. The maximum absolute atomic E-state index is 13.1. The van der Waals surface area contributed by atoms with E-state index >= 15 is 0 Å². The lowest BCUT2D eigenvalue weighted by Gasteiger charge is -2.19. The Hall–Kier alpha value is -4.37. The molecule has 6 heteroatoms. The molecule has 2 N–H and O–H groups in total. The van der Waals surface area contributed by atoms with Crippen molar-refractivity contribution in [3.8, 4) is 17.2 Å². The first-order valence-electron chi connectivity index (χ1n) is 10.9. The number of nitriles is 1. The van der Waals surface area contributed by atoms with E-state index in [0.717, 1.165) is 22.0 Å². The molecule has 0 spiro atoms. The molecule has 0 radical (unpaired) electrons. The minimum atomic E-state index is -1.22. The maximum atomic E-state index is 13.1. The number of carboxylic acid groups (broad SMARTS) is 1. The lowest BCUT2D eigenvalue weighted by atomic mass is 9.86. The maximum Gasteiger partial charge on any atom is 0.337 e. The number of carbonyl (C=O) groups is 2. The number of aromatic nitrogens is 1. The first kappa shape index (κ1) is 22.8. The Bertz CT molecular complexity index is 1470. The highest BCUT2D eigenvalue weighted by atomic mass is 16.4. The van der Waals surface area contributed by atoms with Gasteiger partial charge in [0.2, 0.25) is 0 Å². The summed E-state index contributed by atoms with van der Waals surface area (Å²) in [5.41, 5.74) is 4.88. The van der Waals surface area contributed by atoms with E-state index in [-0.39, 0.29) is 22.2 Å². The Kier molecular flexibility index (Phi) is 5.72. The van der Waals surface area contributed by atoms with Gasteiger partial charge in [-0.2, -0.15) is 5.26 Å². The summed E-state index contributed by atoms with van der Waals surface area (Å²) in [6.45, 7) is 6.53. The zero-order valence-electron chi connectivity index (χ0n) is 19.5. The first-order valence-corrected chi connectivity index (χ1v) is 10.9. The molecule has 0 bridgehead atoms. The minimum absolute atomic E-state index is 0.0566. The van der Waals surface area contributed by atoms with E-state index in [1.54, 1.807) is 6.07 Å². The largest absolute Gasteiger partial charge is 0.478 e. The Morgan fingerprint density at radius 3 is 2.32 bits per heavy atom. The molecule has 4 rings (SSSR count). The Balaban J connectivity index is 1.74. The summed E-state index contributed by atoms with van der Waals surface area (Å²) in [7, 11) is 1.82. The topological polar surface area (TPSA) is 95.1 Å². The number of aryl methyl sites for hydroxylation is 1. The number of amides is 1. The number of benzene rings is 3. The van der Waals surface area contributed by atoms with E-state index < -0.39 is 11.9 Å². The number of rotatable bonds is 4. The number of fused-ring (bicyclic) bond motifs is 1. The Labute approximate surface area is 198 Å². The van der Waals surface area contributed by atoms with Gasteiger partial charge in [-0.15, -0.1) is 0 Å². The van der Waals surface area contributed by atoms with Gasteiger partial charge in [-0.1, -0.05) is 63.2 Å². The van der Waals surface area contributed by atoms with Crippen LogP contribution in [0.4, 0.5) is 5.69 Å². The second kappa shape index (κ2) is 8.53. The molecule has 0 saturated carbocycles. The Morgan fingerprint density at radius 2 is 1.71 bits per heavy atom. The number of hydrogen-bond acceptors (Lipinski definition) is 3. The van der Waals surface area contributed by atoms with E-state index in [1.807, 2.05) is 35.9 Å². The van der Waals surface area contributed by atoms with Crippen molar-refractivity contribution in [3.05, 3.63) is 89.1 Å². The highest BCUT2D eigenvalue weighted by molar-refractivity contribution is 6.10. The van der Waals surface area contributed by atoms with Crippen molar-refractivity contribution in [2.45, 2.75) is 26.2 Å². The fourth-order valence-corrected chi connectivity index (χ4v) is 4.10. The molecule has 0 fully saturated rings. The van der Waals surface area contributed by atoms with Crippen LogP contribution in [0, 0.1) is 11.3 Å². The van der Waals surface area contributed by atoms with Crippen LogP contribution in [0.3, 0.4) is 0 Å². The second-order valence-corrected chi connectivity index (χ2v) is 9.29. The number of para-hydroxylation sites is 1. The molecule has 1 amide bonds. The monoisotopic (exact) mass is 451 g/mol. The third-order valence-electron chi connectivity index (χ3n) is 5.98. The fourth-order valence-electron chi connectivity index (χ4n) is 4.10. The summed E-state index contributed by atoms with van der Waals surface area (Å²) in [6, 6.07) is 22.2. The summed E-state index contributed by atoms with van der Waals surface area (Å²) < 4.78 is 1.82. The van der Waals surface area contributed by atoms with Crippen molar-refractivity contribution in [1.29, 1.82) is 5.26 Å². The van der Waals surface area contributed by atoms with Gasteiger partial charge < -0.3 is 15.0 Å². The number of aromatic carboxylic acids is 1. The Morgan fingerprint density at radius 1 is 1.00 bits per heavy atom. The highest BCUT2D eigenvalue weighted by Crippen LogP contribution is 2.33. The zero-order chi connectivity index (χ0) is 24.6. The summed E-state index contributed by atoms with van der Waals surface area (Å²) in [5, 5.41) is 22.2. The standard InChI is InChI=1S/C28H25N3O3/c1-28(2,3)20-11-9-18(10-12-20)21-7-5-6-19-15-24(31(4)25(19)21)26(32)30-23-13-8-17(16-29)14-22(23)27(33)34/h5-15H,1-4H3,(H,30,32)(H,33,34). The molecule has 1 heterocycles. The molecule has 34 heavy (non-hydrogen) atoms. The number of anilines is 1. The van der Waals surface area contributed by atoms with Crippen molar-refractivity contribution < 1.29 is 14.7 Å². The molecule has 0 aliphatic rings. The molecule has 6 nitrogen and oxygen atoms in total. The molecule has 0 saturated heterocycles. The summed E-state index contributed by atoms with van der Waals surface area (Å²) >= 11 is 0. The van der Waals surface area contributed by atoms with Gasteiger partial charge in [0.25, 0.3) is 5.91 Å². The summed E-state index contributed by atoms with van der Waals surface area (Å²) in [4.78, 5) is 24.8. The average molecular weight is 452 g/mol. The van der Waals surface area contributed by atoms with Crippen molar-refractivity contribution in [2.24, 2.45) is 7.05 Å². The van der Waals surface area contributed by atoms with Crippen LogP contribution < -0.4 is 5.32 Å². The van der Waals surface area contributed by atoms with Crippen molar-refractivity contribution in [1.82, 2.24) is 4.57 Å². The van der Waals surface area contributed by atoms with Crippen LogP contribution in [0.2, 0.25) is 0 Å². The molecule has 1 aromatic heterocycles. The molecule has 0 unspecified atom stereocenters. The van der Waals surface area contributed by atoms with Gasteiger partial charge in [-0.3, -0.25) is 4.79 Å². The zero-order valence-corrected chi connectivity index (χ0v) is 19.5. The van der Waals surface area contributed by atoms with Crippen molar-refractivity contribution in [3.63, 3.8) is 0 Å². The number of nitrogens with one attached hydrogen (secondary N) is 1. The van der Waals surface area contributed by atoms with Crippen LogP contribution >= 0.6 is 0 Å². The molecule has 0 aliphatic heterocycles. The quantitative estimate of drug-likeness (QED) is 0.400. The fraction of sp³-hybridized carbons (Fsp3) is 0.179. The van der Waals surface area contributed by atoms with Gasteiger partial charge in [-0.25, -0.2) is 4.79 Å². The summed E-state index contributed by atoms with van der Waals surface area (Å²) in [6.07, 6.45) is 0. The predicted octanol–water partition coefficient (Wildman–Crippen LogP) is 5.96. The van der Waals surface area contributed by atoms with Crippen molar-refractivity contribution >= 4 is 28.5 Å². The number of nitrogens with zero attached hydrogens (tertiary/aromatic N) is 2. The van der Waals surface area contributed by atoms with Crippen LogP contribution in [0.1, 0.15) is 52.7 Å². The molecular weight excluding hydrogens is 426 g/mol. The third-order valence-corrected chi connectivity index (χ3v) is 5.98. The molecule has 4 aromatic rings. The van der Waals surface area contributed by atoms with E-state index in [2.05, 4.69) is 50.4 Å². The van der Waals surface area contributed by atoms with Crippen LogP contribution in [0.15, 0.2) is 66.7 Å². The van der Waals surface area contributed by atoms with E-state index in [9.17, 15) is 14.7 Å². The van der Waals surface area contributed by atoms with Crippen LogP contribution in [0.25, 0.3) is 22.0 Å². The molecule has 3 aromatic carbocycles. The highest BCUT2D eigenvalue weighted by Gasteiger charge is 2.20. The summed E-state index contributed by atoms with van der Waals surface area (Å²) in [5.74, 6) is -1.65. The van der Waals surface area contributed by atoms with Crippen LogP contribution in [-0.2, 0) is 12.5 Å². The predicted molar refractivity (Wildman–Crippen MR) is 133 cm³/mol. The average Bonchev–Trinajstić information content (AvgIpc) is 3.15. The molecule has 170 valence electrons. The van der Waals surface area contributed by atoms with Crippen LogP contribution in [0.5, 0.6) is 0 Å². The second-order valence-electron chi connectivity index (χ2n) is 9.29. The van der Waals surface area contributed by atoms with Gasteiger partial charge in [0, 0.05) is 18.0 Å². The normalized spacial score (nSPS) is 11.3. The van der Waals surface area contributed by atoms with Gasteiger partial charge >= 0.3 is 5.97 Å². The first-order chi connectivity index (χ1) is 16.1. The van der Waals surface area contributed by atoms with Crippen molar-refractivity contribution in [2.75, 3.05) is 5.32 Å². The van der Waals surface area contributed by atoms with Gasteiger partial charge in [0.05, 0.1) is 28.4 Å². The van der Waals surface area contributed by atoms with E-state index in [0.29, 0.717) is 5.69 Å².